The van der Waals surface area contributed by atoms with E-state index in [-0.39, 0.29) is 12.5 Å². The lowest BCUT2D eigenvalue weighted by Gasteiger charge is -2.27. The normalized spacial score (nSPS) is 26.3. The van der Waals surface area contributed by atoms with Gasteiger partial charge in [-0.15, -0.1) is 0 Å². The van der Waals surface area contributed by atoms with Crippen molar-refractivity contribution in [2.75, 3.05) is 12.4 Å². The molecule has 0 unspecified atom stereocenters. The SMILES string of the molecule is COC(=O)C[C@H]1C[C@@H](CBr)OC(=O)O1. The van der Waals surface area contributed by atoms with Gasteiger partial charge >= 0.3 is 12.1 Å². The van der Waals surface area contributed by atoms with Crippen molar-refractivity contribution in [2.24, 2.45) is 0 Å². The molecule has 0 bridgehead atoms. The van der Waals surface area contributed by atoms with Gasteiger partial charge in [-0.25, -0.2) is 4.79 Å². The molecule has 0 aliphatic carbocycles. The highest BCUT2D eigenvalue weighted by molar-refractivity contribution is 9.09. The van der Waals surface area contributed by atoms with E-state index >= 15 is 0 Å². The van der Waals surface area contributed by atoms with Crippen molar-refractivity contribution in [1.82, 2.24) is 0 Å². The Labute approximate surface area is 89.8 Å². The molecule has 1 aliphatic rings. The van der Waals surface area contributed by atoms with Crippen LogP contribution in [0.2, 0.25) is 0 Å². The standard InChI is InChI=1S/C8H11BrO5/c1-12-7(10)3-5-2-6(4-9)14-8(11)13-5/h5-6H,2-4H2,1H3/t5-,6+/m1/s1. The molecule has 80 valence electrons. The van der Waals surface area contributed by atoms with Gasteiger partial charge in [0.15, 0.2) is 0 Å². The van der Waals surface area contributed by atoms with E-state index in [0.717, 1.165) is 0 Å². The van der Waals surface area contributed by atoms with Crippen LogP contribution in [0.1, 0.15) is 12.8 Å². The Hall–Kier alpha value is -0.780. The second kappa shape index (κ2) is 5.19. The van der Waals surface area contributed by atoms with E-state index < -0.39 is 18.2 Å². The predicted molar refractivity (Wildman–Crippen MR) is 50.2 cm³/mol. The smallest absolute Gasteiger partial charge is 0.469 e. The zero-order chi connectivity index (χ0) is 10.6. The van der Waals surface area contributed by atoms with Crippen LogP contribution in [0.25, 0.3) is 0 Å². The van der Waals surface area contributed by atoms with Crippen LogP contribution in [0.5, 0.6) is 0 Å². The van der Waals surface area contributed by atoms with E-state index in [1.54, 1.807) is 0 Å². The molecular weight excluding hydrogens is 256 g/mol. The highest BCUT2D eigenvalue weighted by Crippen LogP contribution is 2.19. The van der Waals surface area contributed by atoms with E-state index in [2.05, 4.69) is 20.7 Å². The van der Waals surface area contributed by atoms with E-state index in [9.17, 15) is 9.59 Å². The fraction of sp³-hybridized carbons (Fsp3) is 0.750. The van der Waals surface area contributed by atoms with Gasteiger partial charge in [0.05, 0.1) is 13.5 Å². The maximum Gasteiger partial charge on any atom is 0.508 e. The van der Waals surface area contributed by atoms with Gasteiger partial charge in [-0.05, 0) is 0 Å². The molecule has 2 atom stereocenters. The molecule has 0 amide bonds. The van der Waals surface area contributed by atoms with Crippen molar-refractivity contribution >= 4 is 28.1 Å². The molecule has 0 aromatic rings. The summed E-state index contributed by atoms with van der Waals surface area (Å²) in [6.07, 6.45) is -0.812. The molecule has 1 saturated heterocycles. The fourth-order valence-corrected chi connectivity index (χ4v) is 1.57. The third-order valence-corrected chi connectivity index (χ3v) is 2.57. The number of carbonyl (C=O) groups excluding carboxylic acids is 2. The summed E-state index contributed by atoms with van der Waals surface area (Å²) in [7, 11) is 1.30. The zero-order valence-corrected chi connectivity index (χ0v) is 9.28. The molecule has 0 aromatic carbocycles. The van der Waals surface area contributed by atoms with Crippen molar-refractivity contribution in [2.45, 2.75) is 25.0 Å². The summed E-state index contributed by atoms with van der Waals surface area (Å²) in [4.78, 5) is 21.8. The second-order valence-corrected chi connectivity index (χ2v) is 3.55. The summed E-state index contributed by atoms with van der Waals surface area (Å²) in [5.41, 5.74) is 0. The Morgan fingerprint density at radius 2 is 2.21 bits per heavy atom. The molecule has 1 aliphatic heterocycles. The summed E-state index contributed by atoms with van der Waals surface area (Å²) in [6, 6.07) is 0. The Bertz CT molecular complexity index is 230. The summed E-state index contributed by atoms with van der Waals surface area (Å²) in [5, 5.41) is 0.541. The predicted octanol–water partition coefficient (Wildman–Crippen LogP) is 1.24. The first kappa shape index (κ1) is 11.3. The molecule has 0 radical (unpaired) electrons. The maximum absolute atomic E-state index is 10.9. The van der Waals surface area contributed by atoms with E-state index in [1.165, 1.54) is 7.11 Å². The Morgan fingerprint density at radius 3 is 2.79 bits per heavy atom. The van der Waals surface area contributed by atoms with Crippen LogP contribution in [-0.2, 0) is 19.0 Å². The number of esters is 1. The number of hydrogen-bond acceptors (Lipinski definition) is 5. The van der Waals surface area contributed by atoms with Gasteiger partial charge in [-0.2, -0.15) is 0 Å². The molecule has 14 heavy (non-hydrogen) atoms. The molecule has 0 saturated carbocycles. The lowest BCUT2D eigenvalue weighted by Crippen LogP contribution is -2.36. The molecule has 0 aromatic heterocycles. The summed E-state index contributed by atoms with van der Waals surface area (Å²) in [6.45, 7) is 0. The summed E-state index contributed by atoms with van der Waals surface area (Å²) in [5.74, 6) is -0.391. The number of carbonyl (C=O) groups is 2. The second-order valence-electron chi connectivity index (χ2n) is 2.90. The van der Waals surface area contributed by atoms with Crippen LogP contribution in [0.4, 0.5) is 4.79 Å². The third-order valence-electron chi connectivity index (χ3n) is 1.85. The van der Waals surface area contributed by atoms with Crippen LogP contribution in [-0.4, -0.2) is 36.8 Å². The largest absolute Gasteiger partial charge is 0.508 e. The third kappa shape index (κ3) is 3.17. The van der Waals surface area contributed by atoms with Crippen molar-refractivity contribution in [3.8, 4) is 0 Å². The van der Waals surface area contributed by atoms with Crippen molar-refractivity contribution in [3.05, 3.63) is 0 Å². The van der Waals surface area contributed by atoms with E-state index in [1.807, 2.05) is 0 Å². The number of cyclic esters (lactones) is 2. The minimum absolute atomic E-state index is 0.0785. The lowest BCUT2D eigenvalue weighted by atomic mass is 10.1. The minimum atomic E-state index is -0.727. The first-order valence-corrected chi connectivity index (χ1v) is 5.28. The van der Waals surface area contributed by atoms with Gasteiger partial charge in [0, 0.05) is 11.8 Å². The first-order chi connectivity index (χ1) is 6.65. The van der Waals surface area contributed by atoms with Gasteiger partial charge in [0.2, 0.25) is 0 Å². The van der Waals surface area contributed by atoms with Crippen LogP contribution in [0.3, 0.4) is 0 Å². The monoisotopic (exact) mass is 266 g/mol. The van der Waals surface area contributed by atoms with Crippen molar-refractivity contribution < 1.29 is 23.8 Å². The van der Waals surface area contributed by atoms with Gasteiger partial charge in [-0.3, -0.25) is 4.79 Å². The molecule has 1 fully saturated rings. The molecule has 5 nitrogen and oxygen atoms in total. The molecule has 6 heteroatoms. The van der Waals surface area contributed by atoms with Crippen LogP contribution in [0, 0.1) is 0 Å². The first-order valence-electron chi connectivity index (χ1n) is 4.15. The molecule has 1 heterocycles. The number of ether oxygens (including phenoxy) is 3. The number of alkyl halides is 1. The Kier molecular flexibility index (Phi) is 4.19. The average molecular weight is 267 g/mol. The molecule has 0 spiro atoms. The number of halogens is 1. The lowest BCUT2D eigenvalue weighted by molar-refractivity contribution is -0.145. The summed E-state index contributed by atoms with van der Waals surface area (Å²) >= 11 is 3.20. The zero-order valence-electron chi connectivity index (χ0n) is 7.70. The maximum atomic E-state index is 10.9. The quantitative estimate of drug-likeness (QED) is 0.568. The Morgan fingerprint density at radius 1 is 1.57 bits per heavy atom. The van der Waals surface area contributed by atoms with Crippen LogP contribution >= 0.6 is 15.9 Å². The molecular formula is C8H11BrO5. The highest BCUT2D eigenvalue weighted by atomic mass is 79.9. The highest BCUT2D eigenvalue weighted by Gasteiger charge is 2.30. The van der Waals surface area contributed by atoms with Crippen LogP contribution in [0.15, 0.2) is 0 Å². The van der Waals surface area contributed by atoms with Gasteiger partial charge in [-0.1, -0.05) is 15.9 Å². The Balaban J connectivity index is 2.45. The summed E-state index contributed by atoms with van der Waals surface area (Å²) < 4.78 is 14.1. The van der Waals surface area contributed by atoms with Crippen molar-refractivity contribution in [1.29, 1.82) is 0 Å². The number of rotatable bonds is 3. The van der Waals surface area contributed by atoms with E-state index in [4.69, 9.17) is 9.47 Å². The minimum Gasteiger partial charge on any atom is -0.469 e. The number of hydrogen-bond donors (Lipinski definition) is 0. The van der Waals surface area contributed by atoms with E-state index in [0.29, 0.717) is 11.8 Å². The van der Waals surface area contributed by atoms with Gasteiger partial charge in [0.1, 0.15) is 12.2 Å². The topological polar surface area (TPSA) is 61.8 Å². The number of methoxy groups -OCH3 is 1. The molecule has 1 rings (SSSR count). The average Bonchev–Trinajstić information content (AvgIpc) is 2.16. The fourth-order valence-electron chi connectivity index (χ4n) is 1.18. The van der Waals surface area contributed by atoms with Gasteiger partial charge < -0.3 is 14.2 Å². The van der Waals surface area contributed by atoms with Gasteiger partial charge in [0.25, 0.3) is 0 Å². The van der Waals surface area contributed by atoms with Crippen molar-refractivity contribution in [3.63, 3.8) is 0 Å². The van der Waals surface area contributed by atoms with Crippen LogP contribution < -0.4 is 0 Å². The molecule has 0 N–H and O–H groups in total.